The van der Waals surface area contributed by atoms with Crippen LogP contribution in [0.15, 0.2) is 225 Å². The van der Waals surface area contributed by atoms with Crippen molar-refractivity contribution in [3.63, 3.8) is 0 Å². The fourth-order valence-electron chi connectivity index (χ4n) is 21.1. The Hall–Kier alpha value is -11.9. The Labute approximate surface area is 867 Å². The quantitative estimate of drug-likeness (QED) is 0.0698. The SMILES string of the molecule is Cc1nccn1CC1=Cc2ccccc2C(N2CCN(C(=O)Nc3ccc(C#N)cc3)CC2)c2ncc(Br)cc21.Cn1cncc1C(C)(O)C1=Cc2cccnc2[C@@H](N2CCN(S(C)(=O)=O)CC2)c2ccc(Cl)cc21.Cn1cncc1[C@@](C)(O)C1=Cc2cccnc2[C@@H](N2CCN(S(C)(=O)=O)CC2)c2ccc(Cl)cc21.Cn1cncc1[C@](C)(O)C1=Cc2cccnc2[C@@H](N2CCN(S(C)(=O)=O)CC2)c2ccc(Cl)cc21. The average Bonchev–Trinajstić information content (AvgIpc) is 1.61. The molecule has 145 heavy (non-hydrogen) atoms. The molecule has 4 N–H and O–H groups in total. The number of anilines is 1. The van der Waals surface area contributed by atoms with Gasteiger partial charge in [0.25, 0.3) is 0 Å². The van der Waals surface area contributed by atoms with Crippen LogP contribution in [0, 0.1) is 18.3 Å². The molecule has 4 saturated heterocycles. The third kappa shape index (κ3) is 21.5. The van der Waals surface area contributed by atoms with E-state index >= 15 is 0 Å². The summed E-state index contributed by atoms with van der Waals surface area (Å²) in [6.45, 7) is 16.5. The zero-order valence-electron chi connectivity index (χ0n) is 81.8. The lowest BCUT2D eigenvalue weighted by Gasteiger charge is -2.39. The van der Waals surface area contributed by atoms with Crippen molar-refractivity contribution in [1.29, 1.82) is 5.26 Å². The summed E-state index contributed by atoms with van der Waals surface area (Å²) in [4.78, 5) is 60.4. The Morgan fingerprint density at radius 2 is 0.800 bits per heavy atom. The van der Waals surface area contributed by atoms with E-state index in [0.717, 1.165) is 88.7 Å². The minimum Gasteiger partial charge on any atom is -0.379 e. The second-order valence-electron chi connectivity index (χ2n) is 38.0. The maximum atomic E-state index is 13.0. The molecule has 13 aromatic rings. The minimum atomic E-state index is -3.25. The summed E-state index contributed by atoms with van der Waals surface area (Å²) in [7, 11) is -4.19. The van der Waals surface area contributed by atoms with Crippen LogP contribution in [0.25, 0.3) is 46.6 Å². The molecule has 2 unspecified atom stereocenters. The number of pyridine rings is 4. The fraction of sp³-hybridized carbons (Fsp3) is 0.321. The van der Waals surface area contributed by atoms with E-state index in [1.54, 1.807) is 101 Å². The molecule has 4 aliphatic carbocycles. The number of halogens is 4. The molecule has 0 bridgehead atoms. The van der Waals surface area contributed by atoms with Crippen molar-refractivity contribution in [3.8, 4) is 6.07 Å². The van der Waals surface area contributed by atoms with Gasteiger partial charge in [-0.3, -0.25) is 39.5 Å². The van der Waals surface area contributed by atoms with Crippen LogP contribution in [0.3, 0.4) is 0 Å². The number of carbonyl (C=O) groups is 1. The van der Waals surface area contributed by atoms with E-state index in [4.69, 9.17) is 60.0 Å². The number of piperazine rings is 4. The molecule has 5 aromatic carbocycles. The summed E-state index contributed by atoms with van der Waals surface area (Å²) in [6, 6.07) is 47.7. The van der Waals surface area contributed by atoms with E-state index < -0.39 is 46.9 Å². The summed E-state index contributed by atoms with van der Waals surface area (Å²) in [5.74, 6) is 0.967. The first kappa shape index (κ1) is 103. The first-order chi connectivity index (χ1) is 69.2. The van der Waals surface area contributed by atoms with Gasteiger partial charge < -0.3 is 43.8 Å². The smallest absolute Gasteiger partial charge is 0.321 e. The molecule has 0 spiro atoms. The van der Waals surface area contributed by atoms with Crippen LogP contribution in [-0.4, -0.2) is 266 Å². The van der Waals surface area contributed by atoms with E-state index in [9.17, 15) is 45.4 Å². The molecular formula is C106H112BrCl3N22O10S3. The number of aromatic nitrogens is 12. The van der Waals surface area contributed by atoms with Crippen LogP contribution in [0.5, 0.6) is 0 Å². The van der Waals surface area contributed by atoms with Gasteiger partial charge in [-0.15, -0.1) is 0 Å². The Balaban J connectivity index is 0.000000127. The molecule has 4 fully saturated rings. The monoisotopic (exact) mass is 2130 g/mol. The number of aryl methyl sites for hydroxylation is 4. The third-order valence-corrected chi connectivity index (χ3v) is 33.6. The highest BCUT2D eigenvalue weighted by atomic mass is 79.9. The van der Waals surface area contributed by atoms with Crippen LogP contribution in [0.2, 0.25) is 15.1 Å². The summed E-state index contributed by atoms with van der Waals surface area (Å²) in [6.07, 6.45) is 33.0. The van der Waals surface area contributed by atoms with Gasteiger partial charge in [0.1, 0.15) is 22.6 Å². The molecule has 4 aliphatic heterocycles. The summed E-state index contributed by atoms with van der Waals surface area (Å²) in [5.41, 5.74) is 17.6. The number of allylic oxidation sites excluding steroid dienone is 1. The van der Waals surface area contributed by atoms with Gasteiger partial charge in [-0.25, -0.2) is 50.0 Å². The topological polar surface area (TPSA) is 365 Å². The largest absolute Gasteiger partial charge is 0.379 e. The van der Waals surface area contributed by atoms with E-state index in [-0.39, 0.29) is 30.2 Å². The zero-order chi connectivity index (χ0) is 103. The Kier molecular flexibility index (Phi) is 29.9. The summed E-state index contributed by atoms with van der Waals surface area (Å²) < 4.78 is 85.6. The summed E-state index contributed by atoms with van der Waals surface area (Å²) in [5, 5.41) is 49.4. The predicted octanol–water partition coefficient (Wildman–Crippen LogP) is 14.4. The second-order valence-corrected chi connectivity index (χ2v) is 46.2. The van der Waals surface area contributed by atoms with Crippen molar-refractivity contribution < 1.29 is 45.4 Å². The molecule has 32 nitrogen and oxygen atoms in total. The third-order valence-electron chi connectivity index (χ3n) is 28.5. The number of benzene rings is 5. The van der Waals surface area contributed by atoms with Crippen LogP contribution in [-0.2, 0) is 74.6 Å². The van der Waals surface area contributed by atoms with E-state index in [2.05, 4.69) is 108 Å². The first-order valence-corrected chi connectivity index (χ1v) is 55.0. The molecule has 39 heteroatoms. The molecule has 8 aliphatic rings. The van der Waals surface area contributed by atoms with Crippen LogP contribution in [0.4, 0.5) is 10.5 Å². The van der Waals surface area contributed by atoms with Gasteiger partial charge in [0.15, 0.2) is 0 Å². The second kappa shape index (κ2) is 42.1. The molecular weight excluding hydrogens is 2020 g/mol. The zero-order valence-corrected chi connectivity index (χ0v) is 88.1. The van der Waals surface area contributed by atoms with Crippen molar-refractivity contribution in [1.82, 2.24) is 95.6 Å². The minimum absolute atomic E-state index is 0.0410. The number of carbonyl (C=O) groups excluding carboxylic acids is 1. The van der Waals surface area contributed by atoms with Crippen LogP contribution >= 0.6 is 50.7 Å². The average molecular weight is 2140 g/mol. The number of hydrogen-bond acceptors (Lipinski definition) is 23. The van der Waals surface area contributed by atoms with E-state index in [0.29, 0.717) is 171 Å². The van der Waals surface area contributed by atoms with Crippen molar-refractivity contribution in [2.45, 2.75) is 75.2 Å². The maximum absolute atomic E-state index is 13.0. The number of nitriles is 1. The highest BCUT2D eigenvalue weighted by molar-refractivity contribution is 9.10. The number of amides is 2. The molecule has 21 rings (SSSR count). The van der Waals surface area contributed by atoms with Gasteiger partial charge in [-0.1, -0.05) is 95.5 Å². The van der Waals surface area contributed by atoms with Gasteiger partial charge in [-0.2, -0.15) is 18.2 Å². The number of aliphatic hydroxyl groups is 3. The van der Waals surface area contributed by atoms with E-state index in [1.807, 2.05) is 174 Å². The number of rotatable bonds is 16. The Bertz CT molecular complexity index is 7130. The Morgan fingerprint density at radius 3 is 1.15 bits per heavy atom. The van der Waals surface area contributed by atoms with Gasteiger partial charge in [0.2, 0.25) is 30.1 Å². The molecule has 752 valence electrons. The lowest BCUT2D eigenvalue weighted by atomic mass is 9.84. The highest BCUT2D eigenvalue weighted by Crippen LogP contribution is 2.52. The number of urea groups is 1. The fourth-order valence-corrected chi connectivity index (χ4v) is 24.4. The van der Waals surface area contributed by atoms with Crippen molar-refractivity contribution in [2.75, 3.05) is 129 Å². The molecule has 8 aromatic heterocycles. The molecule has 2 amide bonds. The number of nitrogens with one attached hydrogen (secondary N) is 1. The lowest BCUT2D eigenvalue weighted by molar-refractivity contribution is 0.114. The standard InChI is InChI=1S/C31H28BrN7O.3C25H28ClN5O3S/c1-21-34-10-11-39(21)20-24-16-23-4-2-3-5-27(23)30(29-28(24)17-25(32)19-35-29)37-12-14-38(15-13-37)31(40)36-26-8-6-22(18-33)7-9-26;3*1-25(32,22-15-27-16-29(22)2)21-13-17-5-4-8-28-23(17)24(19-7-6-18(26)14-20(19)21)30-9-11-31(12-10-30)35(3,33)34/h2-11,16-17,19,30H,12-15,20H2,1H3,(H,36,40);3*4-8,13-16,24,32H,9-12H2,1-3H3/t;24-,25?;24-,25+;24-,25-/m.000/s1. The van der Waals surface area contributed by atoms with Crippen molar-refractivity contribution >= 4 is 139 Å². The van der Waals surface area contributed by atoms with Gasteiger partial charge in [-0.05, 0) is 236 Å². The number of fused-ring (bicyclic) bond motifs is 8. The van der Waals surface area contributed by atoms with Gasteiger partial charge in [0.05, 0.1) is 132 Å². The number of nitrogens with zero attached hydrogens (tertiary/aromatic N) is 21. The van der Waals surface area contributed by atoms with Crippen molar-refractivity contribution in [3.05, 3.63) is 358 Å². The van der Waals surface area contributed by atoms with Crippen LogP contribution < -0.4 is 5.32 Å². The van der Waals surface area contributed by atoms with Gasteiger partial charge in [0, 0.05) is 200 Å². The number of hydrogen-bond donors (Lipinski definition) is 4. The molecule has 7 atom stereocenters. The normalized spacial score (nSPS) is 19.8. The Morgan fingerprint density at radius 1 is 0.434 bits per heavy atom. The lowest BCUT2D eigenvalue weighted by Crippen LogP contribution is -2.51. The van der Waals surface area contributed by atoms with Crippen LogP contribution in [0.1, 0.15) is 163 Å². The highest BCUT2D eigenvalue weighted by Gasteiger charge is 2.46. The van der Waals surface area contributed by atoms with Crippen molar-refractivity contribution in [2.24, 2.45) is 21.1 Å². The van der Waals surface area contributed by atoms with E-state index in [1.165, 1.54) is 48.4 Å². The maximum Gasteiger partial charge on any atom is 0.321 e. The predicted molar refractivity (Wildman–Crippen MR) is 567 cm³/mol. The first-order valence-electron chi connectivity index (χ1n) is 47.5. The number of sulfonamides is 3. The molecule has 0 radical (unpaired) electrons. The summed E-state index contributed by atoms with van der Waals surface area (Å²) >= 11 is 23.1. The number of imidazole rings is 4. The van der Waals surface area contributed by atoms with Gasteiger partial charge >= 0.3 is 6.03 Å². The molecule has 0 saturated carbocycles. The molecule has 12 heterocycles.